The number of nitrogens with one attached hydrogen (secondary N) is 2. The van der Waals surface area contributed by atoms with Crippen LogP contribution >= 0.6 is 0 Å². The molecule has 5 atom stereocenters. The van der Waals surface area contributed by atoms with Gasteiger partial charge in [-0.25, -0.2) is 0 Å². The lowest BCUT2D eigenvalue weighted by molar-refractivity contribution is 0.155. The Balaban J connectivity index is 1.79. The molecule has 4 heteroatoms. The van der Waals surface area contributed by atoms with Gasteiger partial charge in [-0.05, 0) is 38.1 Å². The van der Waals surface area contributed by atoms with Gasteiger partial charge in [-0.1, -0.05) is 20.3 Å². The van der Waals surface area contributed by atoms with Gasteiger partial charge in [-0.2, -0.15) is 0 Å². The van der Waals surface area contributed by atoms with Crippen LogP contribution < -0.4 is 10.6 Å². The van der Waals surface area contributed by atoms with Crippen molar-refractivity contribution in [1.82, 2.24) is 10.6 Å². The van der Waals surface area contributed by atoms with Crippen molar-refractivity contribution >= 4 is 0 Å². The molecule has 0 aromatic rings. The molecule has 2 aliphatic rings. The van der Waals surface area contributed by atoms with Gasteiger partial charge < -0.3 is 20.5 Å². The summed E-state index contributed by atoms with van der Waals surface area (Å²) >= 11 is 0. The van der Waals surface area contributed by atoms with E-state index in [1.165, 1.54) is 19.3 Å². The van der Waals surface area contributed by atoms with Crippen molar-refractivity contribution < 1.29 is 9.84 Å². The second kappa shape index (κ2) is 6.53. The Kier molecular flexibility index (Phi) is 5.23. The number of hydrogen-bond donors (Lipinski definition) is 3. The molecule has 0 saturated carbocycles. The van der Waals surface area contributed by atoms with Crippen LogP contribution in [0.2, 0.25) is 0 Å². The molecule has 112 valence electrons. The minimum atomic E-state index is -0.524. The Bertz CT molecular complexity index is 277. The highest BCUT2D eigenvalue weighted by Gasteiger charge is 2.45. The number of aliphatic hydroxyl groups excluding tert-OH is 1. The van der Waals surface area contributed by atoms with E-state index in [-0.39, 0.29) is 6.10 Å². The van der Waals surface area contributed by atoms with Crippen molar-refractivity contribution in [1.29, 1.82) is 0 Å². The van der Waals surface area contributed by atoms with Crippen LogP contribution in [-0.4, -0.2) is 43.2 Å². The van der Waals surface area contributed by atoms with Crippen LogP contribution in [0.25, 0.3) is 0 Å². The SMILES string of the molecule is CCC(C(C)NCC1(C)CCCCNC1)C1OC1O. The number of ether oxygens (including phenoxy) is 1. The smallest absolute Gasteiger partial charge is 0.182 e. The third-order valence-corrected chi connectivity index (χ3v) is 4.82. The molecule has 3 N–H and O–H groups in total. The van der Waals surface area contributed by atoms with Crippen LogP contribution in [0.3, 0.4) is 0 Å². The second-order valence-corrected chi connectivity index (χ2v) is 6.68. The zero-order chi connectivity index (χ0) is 13.9. The standard InChI is InChI=1S/C15H30N2O2/c1-4-12(13-14(18)19-13)11(2)17-10-15(3)7-5-6-8-16-9-15/h11-14,16-18H,4-10H2,1-3H3. The van der Waals surface area contributed by atoms with Crippen LogP contribution in [0.15, 0.2) is 0 Å². The fourth-order valence-electron chi connectivity index (χ4n) is 3.29. The second-order valence-electron chi connectivity index (χ2n) is 6.68. The van der Waals surface area contributed by atoms with Gasteiger partial charge in [0.25, 0.3) is 0 Å². The van der Waals surface area contributed by atoms with E-state index in [1.54, 1.807) is 0 Å². The Morgan fingerprint density at radius 2 is 2.21 bits per heavy atom. The van der Waals surface area contributed by atoms with Crippen molar-refractivity contribution in [2.45, 2.75) is 64.9 Å². The van der Waals surface area contributed by atoms with Crippen molar-refractivity contribution in [3.05, 3.63) is 0 Å². The molecular weight excluding hydrogens is 240 g/mol. The monoisotopic (exact) mass is 270 g/mol. The fraction of sp³-hybridized carbons (Fsp3) is 1.00. The molecule has 5 unspecified atom stereocenters. The molecule has 0 spiro atoms. The normalized spacial score (nSPS) is 38.5. The van der Waals surface area contributed by atoms with Crippen LogP contribution in [0.4, 0.5) is 0 Å². The lowest BCUT2D eigenvalue weighted by Gasteiger charge is -2.32. The molecule has 0 radical (unpaired) electrons. The summed E-state index contributed by atoms with van der Waals surface area (Å²) in [6.07, 6.45) is 4.48. The first-order valence-corrected chi connectivity index (χ1v) is 7.83. The van der Waals surface area contributed by atoms with Crippen molar-refractivity contribution in [2.24, 2.45) is 11.3 Å². The third kappa shape index (κ3) is 4.15. The molecule has 0 aliphatic carbocycles. The fourth-order valence-corrected chi connectivity index (χ4v) is 3.29. The first kappa shape index (κ1) is 15.2. The van der Waals surface area contributed by atoms with Gasteiger partial charge in [-0.3, -0.25) is 0 Å². The molecule has 2 heterocycles. The van der Waals surface area contributed by atoms with Gasteiger partial charge >= 0.3 is 0 Å². The summed E-state index contributed by atoms with van der Waals surface area (Å²) < 4.78 is 5.23. The number of hydrogen-bond acceptors (Lipinski definition) is 4. The topological polar surface area (TPSA) is 56.8 Å². The van der Waals surface area contributed by atoms with Gasteiger partial charge in [0.1, 0.15) is 6.10 Å². The molecule has 19 heavy (non-hydrogen) atoms. The lowest BCUT2D eigenvalue weighted by atomic mass is 9.84. The highest BCUT2D eigenvalue weighted by molar-refractivity contribution is 4.90. The Hall–Kier alpha value is -0.160. The van der Waals surface area contributed by atoms with E-state index in [0.29, 0.717) is 17.4 Å². The maximum Gasteiger partial charge on any atom is 0.182 e. The van der Waals surface area contributed by atoms with E-state index >= 15 is 0 Å². The summed E-state index contributed by atoms with van der Waals surface area (Å²) in [5.74, 6) is 0.414. The highest BCUT2D eigenvalue weighted by Crippen LogP contribution is 2.32. The van der Waals surface area contributed by atoms with Gasteiger partial charge in [0, 0.05) is 25.0 Å². The van der Waals surface area contributed by atoms with E-state index in [1.807, 2.05) is 0 Å². The molecule has 0 aromatic heterocycles. The van der Waals surface area contributed by atoms with Gasteiger partial charge in [0.15, 0.2) is 6.29 Å². The van der Waals surface area contributed by atoms with Gasteiger partial charge in [-0.15, -0.1) is 0 Å². The van der Waals surface area contributed by atoms with Crippen molar-refractivity contribution in [3.63, 3.8) is 0 Å². The van der Waals surface area contributed by atoms with Gasteiger partial charge in [0.2, 0.25) is 0 Å². The number of aliphatic hydroxyl groups is 1. The summed E-state index contributed by atoms with van der Waals surface area (Å²) in [6.45, 7) is 10.1. The third-order valence-electron chi connectivity index (χ3n) is 4.82. The molecule has 2 fully saturated rings. The maximum absolute atomic E-state index is 9.42. The van der Waals surface area contributed by atoms with E-state index < -0.39 is 6.29 Å². The summed E-state index contributed by atoms with van der Waals surface area (Å²) in [6, 6.07) is 0.396. The van der Waals surface area contributed by atoms with E-state index in [2.05, 4.69) is 31.4 Å². The summed E-state index contributed by atoms with van der Waals surface area (Å²) in [7, 11) is 0. The maximum atomic E-state index is 9.42. The lowest BCUT2D eigenvalue weighted by Crippen LogP contribution is -2.45. The number of epoxide rings is 1. The van der Waals surface area contributed by atoms with E-state index in [9.17, 15) is 5.11 Å². The van der Waals surface area contributed by atoms with E-state index in [4.69, 9.17) is 4.74 Å². The van der Waals surface area contributed by atoms with Crippen LogP contribution in [-0.2, 0) is 4.74 Å². The van der Waals surface area contributed by atoms with Crippen LogP contribution in [0, 0.1) is 11.3 Å². The quantitative estimate of drug-likeness (QED) is 0.640. The van der Waals surface area contributed by atoms with E-state index in [0.717, 1.165) is 26.1 Å². The Morgan fingerprint density at radius 3 is 2.84 bits per heavy atom. The predicted molar refractivity (Wildman–Crippen MR) is 77.0 cm³/mol. The minimum absolute atomic E-state index is 0.0487. The summed E-state index contributed by atoms with van der Waals surface area (Å²) in [5.41, 5.74) is 0.353. The molecule has 2 rings (SSSR count). The van der Waals surface area contributed by atoms with Crippen molar-refractivity contribution in [3.8, 4) is 0 Å². The molecular formula is C15H30N2O2. The summed E-state index contributed by atoms with van der Waals surface area (Å²) in [5, 5.41) is 16.6. The first-order chi connectivity index (χ1) is 9.06. The van der Waals surface area contributed by atoms with Gasteiger partial charge in [0.05, 0.1) is 0 Å². The molecule has 0 amide bonds. The van der Waals surface area contributed by atoms with Crippen LogP contribution in [0.5, 0.6) is 0 Å². The zero-order valence-electron chi connectivity index (χ0n) is 12.6. The minimum Gasteiger partial charge on any atom is -0.366 e. The average Bonchev–Trinajstić information content (AvgIpc) is 3.13. The molecule has 2 aliphatic heterocycles. The molecule has 4 nitrogen and oxygen atoms in total. The Morgan fingerprint density at radius 1 is 1.47 bits per heavy atom. The summed E-state index contributed by atoms with van der Waals surface area (Å²) in [4.78, 5) is 0. The van der Waals surface area contributed by atoms with Crippen LogP contribution in [0.1, 0.15) is 46.5 Å². The average molecular weight is 270 g/mol. The first-order valence-electron chi connectivity index (χ1n) is 7.83. The predicted octanol–water partition coefficient (Wildman–Crippen LogP) is 1.49. The molecule has 2 saturated heterocycles. The Labute approximate surface area is 117 Å². The van der Waals surface area contributed by atoms with Crippen molar-refractivity contribution in [2.75, 3.05) is 19.6 Å². The number of rotatable bonds is 6. The zero-order valence-corrected chi connectivity index (χ0v) is 12.6. The highest BCUT2D eigenvalue weighted by atomic mass is 16.7. The largest absolute Gasteiger partial charge is 0.366 e. The molecule has 0 bridgehead atoms. The molecule has 0 aromatic carbocycles.